The van der Waals surface area contributed by atoms with Gasteiger partial charge in [-0.15, -0.1) is 0 Å². The zero-order valence-electron chi connectivity index (χ0n) is 9.55. The molecule has 2 aromatic rings. The summed E-state index contributed by atoms with van der Waals surface area (Å²) in [6.45, 7) is 2.17. The Morgan fingerprint density at radius 1 is 1.38 bits per heavy atom. The number of anilines is 1. The predicted molar refractivity (Wildman–Crippen MR) is 73.0 cm³/mol. The van der Waals surface area contributed by atoms with Crippen LogP contribution in [0.4, 0.5) is 5.69 Å². The highest BCUT2D eigenvalue weighted by Crippen LogP contribution is 2.28. The third-order valence-corrected chi connectivity index (χ3v) is 3.26. The molecule has 16 heavy (non-hydrogen) atoms. The van der Waals surface area contributed by atoms with E-state index in [0.29, 0.717) is 0 Å². The number of fused-ring (bicyclic) bond motifs is 1. The number of benzene rings is 1. The summed E-state index contributed by atoms with van der Waals surface area (Å²) in [4.78, 5) is 4.69. The van der Waals surface area contributed by atoms with Crippen molar-refractivity contribution in [3.63, 3.8) is 0 Å². The van der Waals surface area contributed by atoms with Crippen LogP contribution in [-0.2, 0) is 6.42 Å². The second-order valence-electron chi connectivity index (χ2n) is 3.80. The number of nitrogens with one attached hydrogen (secondary N) is 1. The fourth-order valence-electron chi connectivity index (χ4n) is 1.86. The number of hydrogen-bond acceptors (Lipinski definition) is 2. The van der Waals surface area contributed by atoms with Crippen LogP contribution in [0, 0.1) is 0 Å². The van der Waals surface area contributed by atoms with Gasteiger partial charge in [0.15, 0.2) is 0 Å². The molecule has 0 radical (unpaired) electrons. The van der Waals surface area contributed by atoms with Crippen molar-refractivity contribution in [2.45, 2.75) is 19.8 Å². The highest BCUT2D eigenvalue weighted by atomic mass is 79.9. The first-order valence-electron chi connectivity index (χ1n) is 5.52. The van der Waals surface area contributed by atoms with Crippen LogP contribution in [0.25, 0.3) is 10.9 Å². The Balaban J connectivity index is 2.69. The molecule has 1 aromatic carbocycles. The molecule has 2 rings (SSSR count). The van der Waals surface area contributed by atoms with Crippen LogP contribution in [0.3, 0.4) is 0 Å². The normalized spacial score (nSPS) is 10.7. The van der Waals surface area contributed by atoms with Gasteiger partial charge >= 0.3 is 0 Å². The van der Waals surface area contributed by atoms with Gasteiger partial charge in [0, 0.05) is 28.3 Å². The van der Waals surface area contributed by atoms with Crippen LogP contribution >= 0.6 is 15.9 Å². The first-order valence-corrected chi connectivity index (χ1v) is 6.31. The van der Waals surface area contributed by atoms with E-state index in [2.05, 4.69) is 45.3 Å². The fraction of sp³-hybridized carbons (Fsp3) is 0.308. The number of hydrogen-bond donors (Lipinski definition) is 1. The molecule has 0 atom stereocenters. The summed E-state index contributed by atoms with van der Waals surface area (Å²) < 4.78 is 1.06. The topological polar surface area (TPSA) is 24.9 Å². The minimum Gasteiger partial charge on any atom is -0.388 e. The van der Waals surface area contributed by atoms with Crippen LogP contribution in [-0.4, -0.2) is 12.0 Å². The Morgan fingerprint density at radius 2 is 2.19 bits per heavy atom. The maximum atomic E-state index is 4.69. The number of aromatic nitrogens is 1. The largest absolute Gasteiger partial charge is 0.388 e. The van der Waals surface area contributed by atoms with Crippen LogP contribution in [0.5, 0.6) is 0 Å². The zero-order chi connectivity index (χ0) is 11.5. The molecule has 0 aliphatic carbocycles. The Morgan fingerprint density at radius 3 is 2.88 bits per heavy atom. The molecule has 0 aliphatic heterocycles. The average molecular weight is 279 g/mol. The lowest BCUT2D eigenvalue weighted by Gasteiger charge is -2.09. The molecule has 1 heterocycles. The lowest BCUT2D eigenvalue weighted by atomic mass is 10.1. The van der Waals surface area contributed by atoms with Gasteiger partial charge in [-0.1, -0.05) is 25.5 Å². The second-order valence-corrected chi connectivity index (χ2v) is 4.65. The highest BCUT2D eigenvalue weighted by Gasteiger charge is 2.06. The summed E-state index contributed by atoms with van der Waals surface area (Å²) >= 11 is 3.56. The van der Waals surface area contributed by atoms with Gasteiger partial charge in [-0.2, -0.15) is 0 Å². The Bertz CT molecular complexity index is 509. The molecule has 1 N–H and O–H groups in total. The number of halogens is 1. The van der Waals surface area contributed by atoms with Crippen molar-refractivity contribution in [2.75, 3.05) is 12.4 Å². The van der Waals surface area contributed by atoms with Gasteiger partial charge in [-0.3, -0.25) is 4.98 Å². The summed E-state index contributed by atoms with van der Waals surface area (Å²) in [5, 5.41) is 4.40. The van der Waals surface area contributed by atoms with Crippen LogP contribution < -0.4 is 5.32 Å². The van der Waals surface area contributed by atoms with E-state index in [1.807, 2.05) is 19.2 Å². The maximum absolute atomic E-state index is 4.69. The van der Waals surface area contributed by atoms with Crippen LogP contribution in [0.1, 0.15) is 19.0 Å². The van der Waals surface area contributed by atoms with E-state index < -0.39 is 0 Å². The summed E-state index contributed by atoms with van der Waals surface area (Å²) in [5.41, 5.74) is 3.33. The molecule has 0 saturated heterocycles. The fourth-order valence-corrected chi connectivity index (χ4v) is 2.31. The molecule has 2 nitrogen and oxygen atoms in total. The van der Waals surface area contributed by atoms with E-state index in [1.54, 1.807) is 0 Å². The minimum atomic E-state index is 1.02. The van der Waals surface area contributed by atoms with Gasteiger partial charge in [0.05, 0.1) is 5.52 Å². The van der Waals surface area contributed by atoms with E-state index in [-0.39, 0.29) is 0 Å². The van der Waals surface area contributed by atoms with Crippen molar-refractivity contribution in [1.29, 1.82) is 0 Å². The van der Waals surface area contributed by atoms with Crippen molar-refractivity contribution >= 4 is 32.5 Å². The van der Waals surface area contributed by atoms with Gasteiger partial charge in [0.2, 0.25) is 0 Å². The summed E-state index contributed by atoms with van der Waals surface area (Å²) in [6.07, 6.45) is 2.14. The van der Waals surface area contributed by atoms with E-state index in [0.717, 1.165) is 39.6 Å². The van der Waals surface area contributed by atoms with Crippen LogP contribution in [0.2, 0.25) is 0 Å². The number of pyridine rings is 1. The molecule has 0 fully saturated rings. The van der Waals surface area contributed by atoms with E-state index in [9.17, 15) is 0 Å². The minimum absolute atomic E-state index is 1.02. The van der Waals surface area contributed by atoms with Gasteiger partial charge in [0.1, 0.15) is 0 Å². The molecule has 84 valence electrons. The number of nitrogens with zero attached hydrogens (tertiary/aromatic N) is 1. The van der Waals surface area contributed by atoms with Gasteiger partial charge in [0.25, 0.3) is 0 Å². The van der Waals surface area contributed by atoms with Gasteiger partial charge in [-0.05, 0) is 34.5 Å². The van der Waals surface area contributed by atoms with E-state index >= 15 is 0 Å². The summed E-state index contributed by atoms with van der Waals surface area (Å²) in [6, 6.07) is 8.30. The molecule has 3 heteroatoms. The molecule has 0 amide bonds. The Labute approximate surface area is 104 Å². The van der Waals surface area contributed by atoms with Crippen molar-refractivity contribution in [3.8, 4) is 0 Å². The maximum Gasteiger partial charge on any atom is 0.0867 e. The van der Waals surface area contributed by atoms with E-state index in [4.69, 9.17) is 0 Å². The Kier molecular flexibility index (Phi) is 3.44. The van der Waals surface area contributed by atoms with Crippen LogP contribution in [0.15, 0.2) is 28.7 Å². The third kappa shape index (κ3) is 2.05. The summed E-state index contributed by atoms with van der Waals surface area (Å²) in [7, 11) is 1.95. The predicted octanol–water partition coefficient (Wildman–Crippen LogP) is 3.99. The molecule has 0 saturated carbocycles. The molecule has 0 bridgehead atoms. The zero-order valence-corrected chi connectivity index (χ0v) is 11.1. The SMILES string of the molecule is CCCc1cc(NC)c2cccc(Br)c2n1. The van der Waals surface area contributed by atoms with Gasteiger partial charge < -0.3 is 5.32 Å². The quantitative estimate of drug-likeness (QED) is 0.918. The smallest absolute Gasteiger partial charge is 0.0867 e. The molecule has 1 aromatic heterocycles. The second kappa shape index (κ2) is 4.83. The highest BCUT2D eigenvalue weighted by molar-refractivity contribution is 9.10. The number of para-hydroxylation sites is 1. The van der Waals surface area contributed by atoms with Crippen molar-refractivity contribution in [2.24, 2.45) is 0 Å². The third-order valence-electron chi connectivity index (χ3n) is 2.62. The van der Waals surface area contributed by atoms with Gasteiger partial charge in [-0.25, -0.2) is 0 Å². The lowest BCUT2D eigenvalue weighted by molar-refractivity contribution is 0.890. The number of aryl methyl sites for hydroxylation is 1. The lowest BCUT2D eigenvalue weighted by Crippen LogP contribution is -1.96. The van der Waals surface area contributed by atoms with Crippen molar-refractivity contribution in [3.05, 3.63) is 34.4 Å². The number of rotatable bonds is 3. The standard InChI is InChI=1S/C13H15BrN2/c1-3-5-9-8-12(15-2)10-6-4-7-11(14)13(10)16-9/h4,6-8H,3,5H2,1-2H3,(H,15,16). The molecule has 0 spiro atoms. The monoisotopic (exact) mass is 278 g/mol. The molecule has 0 unspecified atom stereocenters. The molecular weight excluding hydrogens is 264 g/mol. The Hall–Kier alpha value is -1.09. The molecular formula is C13H15BrN2. The van der Waals surface area contributed by atoms with E-state index in [1.165, 1.54) is 0 Å². The molecule has 0 aliphatic rings. The summed E-state index contributed by atoms with van der Waals surface area (Å²) in [5.74, 6) is 0. The average Bonchev–Trinajstić information content (AvgIpc) is 2.30. The first-order chi connectivity index (χ1) is 7.76. The van der Waals surface area contributed by atoms with Crippen molar-refractivity contribution < 1.29 is 0 Å². The first kappa shape index (κ1) is 11.4. The van der Waals surface area contributed by atoms with Crippen molar-refractivity contribution in [1.82, 2.24) is 4.98 Å².